The Labute approximate surface area is 111 Å². The molecule has 1 N–H and O–H groups in total. The van der Waals surface area contributed by atoms with Gasteiger partial charge in [-0.2, -0.15) is 0 Å². The predicted octanol–water partition coefficient (Wildman–Crippen LogP) is 2.90. The molecular weight excluding hydrogens is 255 g/mol. The minimum Gasteiger partial charge on any atom is -0.373 e. The van der Waals surface area contributed by atoms with Crippen LogP contribution in [0.4, 0.5) is 10.1 Å². The summed E-state index contributed by atoms with van der Waals surface area (Å²) in [4.78, 5) is 13.7. The van der Waals surface area contributed by atoms with E-state index in [4.69, 9.17) is 11.6 Å². The van der Waals surface area contributed by atoms with Crippen molar-refractivity contribution in [1.29, 1.82) is 0 Å². The lowest BCUT2D eigenvalue weighted by Crippen LogP contribution is -2.39. The molecule has 1 heterocycles. The van der Waals surface area contributed by atoms with Crippen LogP contribution in [0.3, 0.4) is 0 Å². The molecule has 0 unspecified atom stereocenters. The number of hydrogen-bond acceptors (Lipinski definition) is 2. The number of benzene rings is 1. The largest absolute Gasteiger partial charge is 0.373 e. The Morgan fingerprint density at radius 3 is 2.72 bits per heavy atom. The summed E-state index contributed by atoms with van der Waals surface area (Å²) in [6, 6.07) is 4.45. The van der Waals surface area contributed by atoms with E-state index in [1.807, 2.05) is 4.90 Å². The molecule has 18 heavy (non-hydrogen) atoms. The molecule has 1 amide bonds. The molecule has 0 saturated carbocycles. The average Bonchev–Trinajstić information content (AvgIpc) is 2.39. The van der Waals surface area contributed by atoms with Crippen LogP contribution in [0.5, 0.6) is 0 Å². The lowest BCUT2D eigenvalue weighted by Gasteiger charge is -2.27. The van der Waals surface area contributed by atoms with E-state index in [0.29, 0.717) is 5.02 Å². The lowest BCUT2D eigenvalue weighted by molar-refractivity contribution is -0.130. The maximum atomic E-state index is 13.5. The maximum Gasteiger partial charge on any atom is 0.241 e. The molecule has 1 aliphatic rings. The molecule has 0 atom stereocenters. The average molecular weight is 271 g/mol. The third-order valence-corrected chi connectivity index (χ3v) is 3.40. The first-order valence-corrected chi connectivity index (χ1v) is 6.52. The summed E-state index contributed by atoms with van der Waals surface area (Å²) in [5.74, 6) is -0.442. The number of rotatable bonds is 3. The minimum atomic E-state index is -0.436. The molecule has 1 aromatic rings. The van der Waals surface area contributed by atoms with E-state index in [1.54, 1.807) is 6.07 Å². The Balaban J connectivity index is 1.92. The van der Waals surface area contributed by atoms with E-state index in [-0.39, 0.29) is 18.1 Å². The van der Waals surface area contributed by atoms with Gasteiger partial charge in [0.2, 0.25) is 5.91 Å². The van der Waals surface area contributed by atoms with Crippen molar-refractivity contribution in [1.82, 2.24) is 4.90 Å². The van der Waals surface area contributed by atoms with Gasteiger partial charge in [0, 0.05) is 13.1 Å². The zero-order chi connectivity index (χ0) is 13.0. The molecule has 1 saturated heterocycles. The Hall–Kier alpha value is -1.29. The minimum absolute atomic E-state index is 0.00554. The molecule has 5 heteroatoms. The van der Waals surface area contributed by atoms with Crippen molar-refractivity contribution in [3.8, 4) is 0 Å². The second-order valence-corrected chi connectivity index (χ2v) is 4.80. The Bertz CT molecular complexity index is 413. The van der Waals surface area contributed by atoms with E-state index >= 15 is 0 Å². The Morgan fingerprint density at radius 2 is 2.06 bits per heavy atom. The number of anilines is 1. The van der Waals surface area contributed by atoms with Crippen LogP contribution in [-0.2, 0) is 4.79 Å². The van der Waals surface area contributed by atoms with Crippen molar-refractivity contribution in [3.05, 3.63) is 29.0 Å². The standard InChI is InChI=1S/C13H16ClFN2O/c14-10-5-4-6-11(15)13(10)16-9-12(18)17-7-2-1-3-8-17/h4-6,16H,1-3,7-9H2. The fraction of sp³-hybridized carbons (Fsp3) is 0.462. The van der Waals surface area contributed by atoms with Crippen LogP contribution in [0.25, 0.3) is 0 Å². The molecule has 0 aromatic heterocycles. The summed E-state index contributed by atoms with van der Waals surface area (Å²) in [5.41, 5.74) is 0.199. The molecule has 0 aliphatic carbocycles. The Kier molecular flexibility index (Phi) is 4.42. The molecule has 2 rings (SSSR count). The van der Waals surface area contributed by atoms with Gasteiger partial charge in [-0.1, -0.05) is 17.7 Å². The van der Waals surface area contributed by atoms with E-state index < -0.39 is 5.82 Å². The number of nitrogens with one attached hydrogen (secondary N) is 1. The first-order valence-electron chi connectivity index (χ1n) is 6.14. The van der Waals surface area contributed by atoms with Gasteiger partial charge in [-0.15, -0.1) is 0 Å². The predicted molar refractivity (Wildman–Crippen MR) is 70.3 cm³/mol. The molecule has 0 bridgehead atoms. The number of amides is 1. The number of likely N-dealkylation sites (tertiary alicyclic amines) is 1. The van der Waals surface area contributed by atoms with Crippen LogP contribution in [0.1, 0.15) is 19.3 Å². The fourth-order valence-corrected chi connectivity index (χ4v) is 2.32. The van der Waals surface area contributed by atoms with Gasteiger partial charge < -0.3 is 10.2 Å². The SMILES string of the molecule is O=C(CNc1c(F)cccc1Cl)N1CCCCC1. The number of halogens is 2. The van der Waals surface area contributed by atoms with Crippen LogP contribution in [0.2, 0.25) is 5.02 Å². The number of para-hydroxylation sites is 1. The van der Waals surface area contributed by atoms with Crippen molar-refractivity contribution in [3.63, 3.8) is 0 Å². The van der Waals surface area contributed by atoms with E-state index in [2.05, 4.69) is 5.32 Å². The number of carbonyl (C=O) groups excluding carboxylic acids is 1. The second-order valence-electron chi connectivity index (χ2n) is 4.39. The summed E-state index contributed by atoms with van der Waals surface area (Å²) >= 11 is 5.87. The van der Waals surface area contributed by atoms with Crippen molar-refractivity contribution >= 4 is 23.2 Å². The first kappa shape index (κ1) is 13.1. The zero-order valence-corrected chi connectivity index (χ0v) is 10.8. The number of carbonyl (C=O) groups is 1. The lowest BCUT2D eigenvalue weighted by atomic mass is 10.1. The summed E-state index contributed by atoms with van der Waals surface area (Å²) in [5, 5.41) is 3.07. The van der Waals surface area contributed by atoms with Gasteiger partial charge in [-0.05, 0) is 31.4 Å². The molecule has 98 valence electrons. The summed E-state index contributed by atoms with van der Waals surface area (Å²) in [7, 11) is 0. The summed E-state index contributed by atoms with van der Waals surface area (Å²) < 4.78 is 13.5. The highest BCUT2D eigenvalue weighted by molar-refractivity contribution is 6.33. The highest BCUT2D eigenvalue weighted by Gasteiger charge is 2.17. The molecule has 1 aliphatic heterocycles. The smallest absolute Gasteiger partial charge is 0.241 e. The van der Waals surface area contributed by atoms with Crippen LogP contribution in [-0.4, -0.2) is 30.4 Å². The van der Waals surface area contributed by atoms with Crippen LogP contribution in [0, 0.1) is 5.82 Å². The molecule has 3 nitrogen and oxygen atoms in total. The molecule has 0 radical (unpaired) electrons. The molecule has 0 spiro atoms. The summed E-state index contributed by atoms with van der Waals surface area (Å²) in [6.07, 6.45) is 3.27. The highest BCUT2D eigenvalue weighted by atomic mass is 35.5. The third-order valence-electron chi connectivity index (χ3n) is 3.09. The Morgan fingerprint density at radius 1 is 1.33 bits per heavy atom. The monoisotopic (exact) mass is 270 g/mol. The van der Waals surface area contributed by atoms with Gasteiger partial charge in [-0.25, -0.2) is 4.39 Å². The first-order chi connectivity index (χ1) is 8.68. The molecule has 1 aromatic carbocycles. The topological polar surface area (TPSA) is 32.3 Å². The number of hydrogen-bond donors (Lipinski definition) is 1. The van der Waals surface area contributed by atoms with Gasteiger partial charge in [0.05, 0.1) is 17.3 Å². The third kappa shape index (κ3) is 3.13. The normalized spacial score (nSPS) is 15.6. The van der Waals surface area contributed by atoms with Gasteiger partial charge in [0.25, 0.3) is 0 Å². The second kappa shape index (κ2) is 6.05. The van der Waals surface area contributed by atoms with Crippen molar-refractivity contribution in [2.45, 2.75) is 19.3 Å². The van der Waals surface area contributed by atoms with Crippen molar-refractivity contribution in [2.24, 2.45) is 0 Å². The van der Waals surface area contributed by atoms with E-state index in [9.17, 15) is 9.18 Å². The summed E-state index contributed by atoms with van der Waals surface area (Å²) in [6.45, 7) is 1.68. The van der Waals surface area contributed by atoms with Gasteiger partial charge >= 0.3 is 0 Å². The quantitative estimate of drug-likeness (QED) is 0.916. The van der Waals surface area contributed by atoms with Crippen molar-refractivity contribution in [2.75, 3.05) is 25.0 Å². The molecule has 1 fully saturated rings. The van der Waals surface area contributed by atoms with E-state index in [1.165, 1.54) is 18.6 Å². The van der Waals surface area contributed by atoms with Gasteiger partial charge in [-0.3, -0.25) is 4.79 Å². The van der Waals surface area contributed by atoms with E-state index in [0.717, 1.165) is 25.9 Å². The van der Waals surface area contributed by atoms with Gasteiger partial charge in [0.15, 0.2) is 0 Å². The maximum absolute atomic E-state index is 13.5. The molecular formula is C13H16ClFN2O. The fourth-order valence-electron chi connectivity index (χ4n) is 2.09. The zero-order valence-electron chi connectivity index (χ0n) is 10.1. The van der Waals surface area contributed by atoms with Crippen LogP contribution >= 0.6 is 11.6 Å². The van der Waals surface area contributed by atoms with Gasteiger partial charge in [0.1, 0.15) is 5.82 Å². The highest BCUT2D eigenvalue weighted by Crippen LogP contribution is 2.24. The van der Waals surface area contributed by atoms with Crippen LogP contribution < -0.4 is 5.32 Å². The number of nitrogens with zero attached hydrogens (tertiary/aromatic N) is 1. The van der Waals surface area contributed by atoms with Crippen LogP contribution in [0.15, 0.2) is 18.2 Å². The number of piperidine rings is 1. The van der Waals surface area contributed by atoms with Crippen molar-refractivity contribution < 1.29 is 9.18 Å².